The van der Waals surface area contributed by atoms with Crippen molar-refractivity contribution in [3.05, 3.63) is 18.2 Å². The van der Waals surface area contributed by atoms with Crippen molar-refractivity contribution in [3.8, 4) is 0 Å². The van der Waals surface area contributed by atoms with Crippen molar-refractivity contribution in [1.29, 1.82) is 0 Å². The van der Waals surface area contributed by atoms with E-state index in [4.69, 9.17) is 10.5 Å². The number of imidazole rings is 1. The molecular formula is C11H21N3O2. The molecule has 5 nitrogen and oxygen atoms in total. The first-order chi connectivity index (χ1) is 7.77. The molecule has 0 radical (unpaired) electrons. The van der Waals surface area contributed by atoms with Crippen LogP contribution in [-0.2, 0) is 17.8 Å². The third kappa shape index (κ3) is 4.30. The van der Waals surface area contributed by atoms with E-state index in [2.05, 4.69) is 11.9 Å². The first-order valence-electron chi connectivity index (χ1n) is 5.73. The second kappa shape index (κ2) is 7.38. The average molecular weight is 227 g/mol. The molecule has 1 heterocycles. The van der Waals surface area contributed by atoms with E-state index in [0.717, 1.165) is 18.7 Å². The van der Waals surface area contributed by atoms with Crippen LogP contribution < -0.4 is 5.73 Å². The Morgan fingerprint density at radius 2 is 2.44 bits per heavy atom. The summed E-state index contributed by atoms with van der Waals surface area (Å²) in [5, 5.41) is 9.73. The summed E-state index contributed by atoms with van der Waals surface area (Å²) < 4.78 is 7.20. The number of unbranched alkanes of at least 4 members (excludes halogenated alkanes) is 1. The predicted molar refractivity (Wildman–Crippen MR) is 61.9 cm³/mol. The Bertz CT molecular complexity index is 289. The monoisotopic (exact) mass is 227 g/mol. The maximum atomic E-state index is 9.73. The lowest BCUT2D eigenvalue weighted by Gasteiger charge is -2.13. The summed E-state index contributed by atoms with van der Waals surface area (Å²) in [5.74, 6) is 0.785. The molecule has 0 aliphatic rings. The van der Waals surface area contributed by atoms with Crippen LogP contribution in [0, 0.1) is 0 Å². The molecule has 1 atom stereocenters. The van der Waals surface area contributed by atoms with Gasteiger partial charge in [0.2, 0.25) is 0 Å². The number of hydrogen-bond donors (Lipinski definition) is 2. The molecule has 1 aromatic rings. The average Bonchev–Trinajstić information content (AvgIpc) is 2.71. The molecular weight excluding hydrogens is 206 g/mol. The lowest BCUT2D eigenvalue weighted by Crippen LogP contribution is -2.23. The van der Waals surface area contributed by atoms with Crippen molar-refractivity contribution >= 4 is 0 Å². The van der Waals surface area contributed by atoms with Gasteiger partial charge in [-0.2, -0.15) is 0 Å². The van der Waals surface area contributed by atoms with Gasteiger partial charge in [-0.25, -0.2) is 4.98 Å². The van der Waals surface area contributed by atoms with E-state index >= 15 is 0 Å². The van der Waals surface area contributed by atoms with Crippen LogP contribution in [0.1, 0.15) is 25.6 Å². The van der Waals surface area contributed by atoms with Crippen LogP contribution in [0.4, 0.5) is 0 Å². The van der Waals surface area contributed by atoms with Crippen LogP contribution in [0.15, 0.2) is 12.4 Å². The highest BCUT2D eigenvalue weighted by atomic mass is 16.5. The molecule has 0 aliphatic heterocycles. The third-order valence-corrected chi connectivity index (χ3v) is 2.34. The molecule has 0 amide bonds. The Morgan fingerprint density at radius 3 is 3.12 bits per heavy atom. The van der Waals surface area contributed by atoms with E-state index in [9.17, 15) is 5.11 Å². The molecule has 3 N–H and O–H groups in total. The van der Waals surface area contributed by atoms with Gasteiger partial charge in [-0.15, -0.1) is 0 Å². The van der Waals surface area contributed by atoms with Crippen molar-refractivity contribution in [2.75, 3.05) is 13.2 Å². The van der Waals surface area contributed by atoms with Gasteiger partial charge in [0.05, 0.1) is 25.8 Å². The maximum absolute atomic E-state index is 9.73. The zero-order valence-electron chi connectivity index (χ0n) is 9.80. The lowest BCUT2D eigenvalue weighted by molar-refractivity contribution is 0.0267. The molecule has 16 heavy (non-hydrogen) atoms. The van der Waals surface area contributed by atoms with Crippen molar-refractivity contribution in [1.82, 2.24) is 9.55 Å². The number of ether oxygens (including phenoxy) is 1. The fourth-order valence-corrected chi connectivity index (χ4v) is 1.44. The number of rotatable bonds is 8. The van der Waals surface area contributed by atoms with Gasteiger partial charge in [0, 0.05) is 19.0 Å². The summed E-state index contributed by atoms with van der Waals surface area (Å²) in [6.45, 7) is 4.05. The molecule has 0 bridgehead atoms. The summed E-state index contributed by atoms with van der Waals surface area (Å²) >= 11 is 0. The second-order valence-electron chi connectivity index (χ2n) is 3.78. The summed E-state index contributed by atoms with van der Waals surface area (Å²) in [7, 11) is 0. The fourth-order valence-electron chi connectivity index (χ4n) is 1.44. The molecule has 92 valence electrons. The quantitative estimate of drug-likeness (QED) is 0.635. The highest BCUT2D eigenvalue weighted by Crippen LogP contribution is 2.00. The Morgan fingerprint density at radius 1 is 1.62 bits per heavy atom. The van der Waals surface area contributed by atoms with E-state index in [1.165, 1.54) is 0 Å². The number of aliphatic hydroxyl groups is 1. The van der Waals surface area contributed by atoms with Crippen molar-refractivity contribution < 1.29 is 9.84 Å². The molecule has 1 rings (SSSR count). The summed E-state index contributed by atoms with van der Waals surface area (Å²) in [5.41, 5.74) is 5.51. The molecule has 1 aromatic heterocycles. The SMILES string of the molecule is CCCCOCC(O)Cn1ccnc1CN. The van der Waals surface area contributed by atoms with Gasteiger partial charge in [-0.05, 0) is 6.42 Å². The zero-order chi connectivity index (χ0) is 11.8. The summed E-state index contributed by atoms with van der Waals surface area (Å²) in [6.07, 6.45) is 5.14. The summed E-state index contributed by atoms with van der Waals surface area (Å²) in [6, 6.07) is 0. The van der Waals surface area contributed by atoms with E-state index in [1.807, 2.05) is 10.8 Å². The van der Waals surface area contributed by atoms with Crippen LogP contribution in [-0.4, -0.2) is 34.0 Å². The minimum Gasteiger partial charge on any atom is -0.389 e. The van der Waals surface area contributed by atoms with Gasteiger partial charge in [0.1, 0.15) is 5.82 Å². The zero-order valence-corrected chi connectivity index (χ0v) is 9.80. The van der Waals surface area contributed by atoms with Gasteiger partial charge in [0.25, 0.3) is 0 Å². The van der Waals surface area contributed by atoms with Gasteiger partial charge in [-0.1, -0.05) is 13.3 Å². The highest BCUT2D eigenvalue weighted by Gasteiger charge is 2.08. The maximum Gasteiger partial charge on any atom is 0.122 e. The van der Waals surface area contributed by atoms with Crippen molar-refractivity contribution in [2.24, 2.45) is 5.73 Å². The van der Waals surface area contributed by atoms with E-state index < -0.39 is 6.10 Å². The Labute approximate surface area is 96.2 Å². The van der Waals surface area contributed by atoms with Crippen LogP contribution in [0.5, 0.6) is 0 Å². The Hall–Kier alpha value is -0.910. The minimum absolute atomic E-state index is 0.363. The third-order valence-electron chi connectivity index (χ3n) is 2.34. The number of aliphatic hydroxyl groups excluding tert-OH is 1. The standard InChI is InChI=1S/C11H21N3O2/c1-2-3-6-16-9-10(15)8-14-5-4-13-11(14)7-12/h4-5,10,15H,2-3,6-9,12H2,1H3. The minimum atomic E-state index is -0.503. The second-order valence-corrected chi connectivity index (χ2v) is 3.78. The normalized spacial score (nSPS) is 12.9. The van der Waals surface area contributed by atoms with Crippen LogP contribution in [0.25, 0.3) is 0 Å². The number of nitrogens with zero attached hydrogens (tertiary/aromatic N) is 2. The molecule has 0 spiro atoms. The molecule has 0 saturated heterocycles. The van der Waals surface area contributed by atoms with Crippen LogP contribution >= 0.6 is 0 Å². The smallest absolute Gasteiger partial charge is 0.122 e. The number of aromatic nitrogens is 2. The Kier molecular flexibility index (Phi) is 6.07. The predicted octanol–water partition coefficient (Wildman–Crippen LogP) is 0.519. The van der Waals surface area contributed by atoms with Crippen molar-refractivity contribution in [2.45, 2.75) is 39.0 Å². The molecule has 0 fully saturated rings. The Balaban J connectivity index is 2.25. The van der Waals surface area contributed by atoms with Crippen molar-refractivity contribution in [3.63, 3.8) is 0 Å². The summed E-state index contributed by atoms with van der Waals surface area (Å²) in [4.78, 5) is 4.08. The highest BCUT2D eigenvalue weighted by molar-refractivity contribution is 4.91. The fraction of sp³-hybridized carbons (Fsp3) is 0.727. The molecule has 0 aliphatic carbocycles. The molecule has 5 heteroatoms. The first-order valence-corrected chi connectivity index (χ1v) is 5.73. The van der Waals surface area contributed by atoms with Crippen LogP contribution in [0.3, 0.4) is 0 Å². The molecule has 1 unspecified atom stereocenters. The van der Waals surface area contributed by atoms with Gasteiger partial charge < -0.3 is 20.1 Å². The lowest BCUT2D eigenvalue weighted by atomic mass is 10.3. The van der Waals surface area contributed by atoms with E-state index in [-0.39, 0.29) is 0 Å². The number of nitrogens with two attached hydrogens (primary N) is 1. The number of hydrogen-bond acceptors (Lipinski definition) is 4. The van der Waals surface area contributed by atoms with Gasteiger partial charge in [0.15, 0.2) is 0 Å². The van der Waals surface area contributed by atoms with E-state index in [1.54, 1.807) is 6.20 Å². The van der Waals surface area contributed by atoms with Gasteiger partial charge in [-0.3, -0.25) is 0 Å². The molecule has 0 saturated carbocycles. The van der Waals surface area contributed by atoms with Gasteiger partial charge >= 0.3 is 0 Å². The molecule has 0 aromatic carbocycles. The van der Waals surface area contributed by atoms with E-state index in [0.29, 0.717) is 26.3 Å². The van der Waals surface area contributed by atoms with Crippen LogP contribution in [0.2, 0.25) is 0 Å². The topological polar surface area (TPSA) is 73.3 Å². The first kappa shape index (κ1) is 13.2. The largest absolute Gasteiger partial charge is 0.389 e.